The van der Waals surface area contributed by atoms with Gasteiger partial charge in [-0.25, -0.2) is 9.97 Å². The van der Waals surface area contributed by atoms with Crippen molar-refractivity contribution in [2.24, 2.45) is 10.2 Å². The normalized spacial score (nSPS) is 11.5. The standard InChI is InChI=1S/C33H26N6O/c40-33-27(21-34-38-31-16-14-25-10-4-6-12-29(25)36-31)19-24(18-23-8-2-1-3-9-23)20-28(33)22-35-39-32-17-15-26-11-5-7-13-30(26)37-32/h1-17,19-22,40H,18H2,(H,36,38)(H,37,39)/b34-21-,35-22-. The number of pyridine rings is 2. The van der Waals surface area contributed by atoms with Crippen LogP contribution >= 0.6 is 0 Å². The molecule has 0 radical (unpaired) electrons. The molecule has 7 heteroatoms. The molecular weight excluding hydrogens is 496 g/mol. The largest absolute Gasteiger partial charge is 0.507 e. The first kappa shape index (κ1) is 24.8. The summed E-state index contributed by atoms with van der Waals surface area (Å²) in [6.45, 7) is 0. The maximum Gasteiger partial charge on any atom is 0.146 e. The Bertz CT molecular complexity index is 1740. The van der Waals surface area contributed by atoms with E-state index in [1.807, 2.05) is 103 Å². The first-order valence-corrected chi connectivity index (χ1v) is 12.9. The molecule has 0 fully saturated rings. The van der Waals surface area contributed by atoms with E-state index in [2.05, 4.69) is 43.2 Å². The lowest BCUT2D eigenvalue weighted by molar-refractivity contribution is 0.473. The number of nitrogens with zero attached hydrogens (tertiary/aromatic N) is 4. The maximum atomic E-state index is 11.1. The topological polar surface area (TPSA) is 94.8 Å². The SMILES string of the molecule is Oc1c(/C=N\Nc2ccc3ccccc3n2)cc(Cc2ccccc2)cc1/C=N\Nc1ccc2ccccc2n1. The average Bonchev–Trinajstić information content (AvgIpc) is 2.99. The van der Waals surface area contributed by atoms with Crippen LogP contribution in [0.2, 0.25) is 0 Å². The third-order valence-corrected chi connectivity index (χ3v) is 6.44. The van der Waals surface area contributed by atoms with Crippen molar-refractivity contribution in [3.8, 4) is 5.75 Å². The molecule has 0 aliphatic rings. The molecule has 0 bridgehead atoms. The predicted octanol–water partition coefficient (Wildman–Crippen LogP) is 6.97. The molecule has 0 spiro atoms. The predicted molar refractivity (Wildman–Crippen MR) is 163 cm³/mol. The van der Waals surface area contributed by atoms with Crippen molar-refractivity contribution in [2.75, 3.05) is 10.9 Å². The molecule has 0 aliphatic carbocycles. The van der Waals surface area contributed by atoms with Crippen LogP contribution in [0.1, 0.15) is 22.3 Å². The number of hydrogen-bond acceptors (Lipinski definition) is 7. The Hall–Kier alpha value is -5.56. The van der Waals surface area contributed by atoms with E-state index in [0.717, 1.165) is 32.9 Å². The van der Waals surface area contributed by atoms with Gasteiger partial charge in [0.05, 0.1) is 23.5 Å². The average molecular weight is 523 g/mol. The number of benzene rings is 4. The van der Waals surface area contributed by atoms with Gasteiger partial charge in [-0.05, 0) is 66.1 Å². The number of para-hydroxylation sites is 2. The first-order chi connectivity index (χ1) is 19.7. The second kappa shape index (κ2) is 11.4. The Kier molecular flexibility index (Phi) is 7.09. The van der Waals surface area contributed by atoms with Crippen LogP contribution in [0.3, 0.4) is 0 Å². The number of phenols is 1. The van der Waals surface area contributed by atoms with Gasteiger partial charge in [0.25, 0.3) is 0 Å². The second-order valence-electron chi connectivity index (χ2n) is 9.30. The van der Waals surface area contributed by atoms with Crippen LogP contribution in [0.15, 0.2) is 125 Å². The molecule has 2 heterocycles. The molecule has 6 rings (SSSR count). The number of hydrazone groups is 2. The molecule has 0 aliphatic heterocycles. The number of hydrogen-bond donors (Lipinski definition) is 3. The third-order valence-electron chi connectivity index (χ3n) is 6.44. The van der Waals surface area contributed by atoms with Crippen LogP contribution in [0.5, 0.6) is 5.75 Å². The molecule has 4 aromatic carbocycles. The number of aromatic hydroxyl groups is 1. The fraction of sp³-hybridized carbons (Fsp3) is 0.0303. The monoisotopic (exact) mass is 522 g/mol. The molecule has 0 saturated heterocycles. The van der Waals surface area contributed by atoms with Gasteiger partial charge >= 0.3 is 0 Å². The van der Waals surface area contributed by atoms with E-state index in [1.54, 1.807) is 12.4 Å². The van der Waals surface area contributed by atoms with E-state index < -0.39 is 0 Å². The highest BCUT2D eigenvalue weighted by atomic mass is 16.3. The smallest absolute Gasteiger partial charge is 0.146 e. The fourth-order valence-electron chi connectivity index (χ4n) is 4.47. The maximum absolute atomic E-state index is 11.1. The van der Waals surface area contributed by atoms with E-state index in [-0.39, 0.29) is 5.75 Å². The van der Waals surface area contributed by atoms with Crippen LogP contribution in [0, 0.1) is 0 Å². The van der Waals surface area contributed by atoms with Crippen molar-refractivity contribution in [3.63, 3.8) is 0 Å². The highest BCUT2D eigenvalue weighted by molar-refractivity contribution is 5.93. The van der Waals surface area contributed by atoms with Crippen molar-refractivity contribution in [3.05, 3.63) is 138 Å². The zero-order valence-corrected chi connectivity index (χ0v) is 21.6. The quantitative estimate of drug-likeness (QED) is 0.148. The summed E-state index contributed by atoms with van der Waals surface area (Å²) >= 11 is 0. The molecule has 3 N–H and O–H groups in total. The van der Waals surface area contributed by atoms with Gasteiger partial charge in [0.2, 0.25) is 0 Å². The van der Waals surface area contributed by atoms with Crippen molar-refractivity contribution in [1.82, 2.24) is 9.97 Å². The Morgan fingerprint density at radius 2 is 1.07 bits per heavy atom. The minimum Gasteiger partial charge on any atom is -0.507 e. The zero-order valence-electron chi connectivity index (χ0n) is 21.6. The second-order valence-corrected chi connectivity index (χ2v) is 9.30. The molecule has 2 aromatic heterocycles. The number of phenolic OH excluding ortho intramolecular Hbond substituents is 1. The Labute approximate surface area is 231 Å². The lowest BCUT2D eigenvalue weighted by Crippen LogP contribution is -1.99. The van der Waals surface area contributed by atoms with Gasteiger partial charge in [-0.2, -0.15) is 10.2 Å². The molecule has 0 unspecified atom stereocenters. The summed E-state index contributed by atoms with van der Waals surface area (Å²) < 4.78 is 0. The summed E-state index contributed by atoms with van der Waals surface area (Å²) in [5.74, 6) is 1.30. The lowest BCUT2D eigenvalue weighted by atomic mass is 9.99. The number of nitrogens with one attached hydrogen (secondary N) is 2. The zero-order chi connectivity index (χ0) is 27.1. The summed E-state index contributed by atoms with van der Waals surface area (Å²) in [7, 11) is 0. The Morgan fingerprint density at radius 3 is 1.62 bits per heavy atom. The summed E-state index contributed by atoms with van der Waals surface area (Å²) in [5.41, 5.74) is 11.0. The fourth-order valence-corrected chi connectivity index (χ4v) is 4.47. The third kappa shape index (κ3) is 5.79. The molecular formula is C33H26N6O. The van der Waals surface area contributed by atoms with Crippen molar-refractivity contribution in [1.29, 1.82) is 0 Å². The van der Waals surface area contributed by atoms with Gasteiger partial charge in [-0.15, -0.1) is 0 Å². The van der Waals surface area contributed by atoms with Crippen LogP contribution < -0.4 is 10.9 Å². The molecule has 7 nitrogen and oxygen atoms in total. The van der Waals surface area contributed by atoms with Crippen molar-refractivity contribution >= 4 is 45.9 Å². The van der Waals surface area contributed by atoms with Gasteiger partial charge in [-0.3, -0.25) is 10.9 Å². The molecule has 40 heavy (non-hydrogen) atoms. The van der Waals surface area contributed by atoms with E-state index in [1.165, 1.54) is 0 Å². The number of anilines is 2. The first-order valence-electron chi connectivity index (χ1n) is 12.9. The Balaban J connectivity index is 1.26. The van der Waals surface area contributed by atoms with Gasteiger partial charge < -0.3 is 5.11 Å². The van der Waals surface area contributed by atoms with E-state index in [9.17, 15) is 5.11 Å². The lowest BCUT2D eigenvalue weighted by Gasteiger charge is -2.09. The molecule has 0 saturated carbocycles. The van der Waals surface area contributed by atoms with E-state index >= 15 is 0 Å². The highest BCUT2D eigenvalue weighted by Gasteiger charge is 2.09. The summed E-state index contributed by atoms with van der Waals surface area (Å²) in [6, 6.07) is 37.6. The molecule has 0 amide bonds. The molecule has 194 valence electrons. The summed E-state index contributed by atoms with van der Waals surface area (Å²) in [4.78, 5) is 9.17. The molecule has 0 atom stereocenters. The van der Waals surface area contributed by atoms with Crippen LogP contribution in [0.25, 0.3) is 21.8 Å². The Morgan fingerprint density at radius 1 is 0.575 bits per heavy atom. The minimum absolute atomic E-state index is 0.0749. The van der Waals surface area contributed by atoms with Gasteiger partial charge in [0.15, 0.2) is 0 Å². The van der Waals surface area contributed by atoms with E-state index in [4.69, 9.17) is 0 Å². The summed E-state index contributed by atoms with van der Waals surface area (Å²) in [5, 5.41) is 21.9. The van der Waals surface area contributed by atoms with Gasteiger partial charge in [0, 0.05) is 21.9 Å². The number of fused-ring (bicyclic) bond motifs is 2. The highest BCUT2D eigenvalue weighted by Crippen LogP contribution is 2.24. The van der Waals surface area contributed by atoms with E-state index in [0.29, 0.717) is 29.2 Å². The molecule has 6 aromatic rings. The van der Waals surface area contributed by atoms with Crippen molar-refractivity contribution in [2.45, 2.75) is 6.42 Å². The number of rotatable bonds is 8. The van der Waals surface area contributed by atoms with Crippen molar-refractivity contribution < 1.29 is 5.11 Å². The van der Waals surface area contributed by atoms with Crippen LogP contribution in [0.4, 0.5) is 11.6 Å². The van der Waals surface area contributed by atoms with Gasteiger partial charge in [-0.1, -0.05) is 66.7 Å². The van der Waals surface area contributed by atoms with Crippen LogP contribution in [-0.4, -0.2) is 27.5 Å². The van der Waals surface area contributed by atoms with Crippen LogP contribution in [-0.2, 0) is 6.42 Å². The van der Waals surface area contributed by atoms with Gasteiger partial charge in [0.1, 0.15) is 17.4 Å². The minimum atomic E-state index is 0.0749. The number of aromatic nitrogens is 2. The summed E-state index contributed by atoms with van der Waals surface area (Å²) in [6.07, 6.45) is 3.88.